The molecule has 1 aromatic rings. The number of carbonyl (C=O) groups is 1. The Bertz CT molecular complexity index is 539. The standard InChI is InChI=1S/C19H32N4O2/c1-5-19(6-2,13-20)18(24)22-10-16-7-8-17(21-9-16)23-11-14(3)25-15(4)12-23/h7-9,14-15H,5-6,10-13,20H2,1-4H3,(H,22,24). The van der Waals surface area contributed by atoms with Crippen LogP contribution in [-0.2, 0) is 16.1 Å². The Balaban J connectivity index is 1.95. The van der Waals surface area contributed by atoms with Gasteiger partial charge in [0.1, 0.15) is 5.82 Å². The van der Waals surface area contributed by atoms with Crippen LogP contribution in [0.1, 0.15) is 46.1 Å². The summed E-state index contributed by atoms with van der Waals surface area (Å²) in [5.41, 5.74) is 6.36. The number of amides is 1. The fourth-order valence-electron chi connectivity index (χ4n) is 3.40. The Hall–Kier alpha value is -1.66. The van der Waals surface area contributed by atoms with Crippen molar-refractivity contribution in [3.8, 4) is 0 Å². The molecule has 0 aliphatic carbocycles. The smallest absolute Gasteiger partial charge is 0.227 e. The lowest BCUT2D eigenvalue weighted by molar-refractivity contribution is -0.131. The third-order valence-corrected chi connectivity index (χ3v) is 5.23. The molecule has 0 aromatic carbocycles. The number of hydrogen-bond donors (Lipinski definition) is 2. The highest BCUT2D eigenvalue weighted by Crippen LogP contribution is 2.25. The van der Waals surface area contributed by atoms with Gasteiger partial charge in [0.2, 0.25) is 5.91 Å². The number of carbonyl (C=O) groups excluding carboxylic acids is 1. The molecular formula is C19H32N4O2. The summed E-state index contributed by atoms with van der Waals surface area (Å²) >= 11 is 0. The normalized spacial score (nSPS) is 21.2. The zero-order valence-electron chi connectivity index (χ0n) is 15.9. The van der Waals surface area contributed by atoms with Crippen LogP contribution >= 0.6 is 0 Å². The molecule has 1 aromatic heterocycles. The van der Waals surface area contributed by atoms with Crippen molar-refractivity contribution in [2.75, 3.05) is 24.5 Å². The molecule has 3 N–H and O–H groups in total. The van der Waals surface area contributed by atoms with Crippen molar-refractivity contribution in [2.45, 2.75) is 59.3 Å². The number of hydrogen-bond acceptors (Lipinski definition) is 5. The van der Waals surface area contributed by atoms with E-state index >= 15 is 0 Å². The van der Waals surface area contributed by atoms with E-state index in [0.717, 1.165) is 37.3 Å². The fraction of sp³-hybridized carbons (Fsp3) is 0.684. The van der Waals surface area contributed by atoms with Gasteiger partial charge in [-0.2, -0.15) is 0 Å². The average Bonchev–Trinajstić information content (AvgIpc) is 2.61. The average molecular weight is 348 g/mol. The molecule has 2 heterocycles. The summed E-state index contributed by atoms with van der Waals surface area (Å²) in [6.07, 6.45) is 3.74. The zero-order valence-corrected chi connectivity index (χ0v) is 15.9. The highest BCUT2D eigenvalue weighted by molar-refractivity contribution is 5.82. The SMILES string of the molecule is CCC(CC)(CN)C(=O)NCc1ccc(N2CC(C)OC(C)C2)nc1. The minimum Gasteiger partial charge on any atom is -0.372 e. The van der Waals surface area contributed by atoms with Gasteiger partial charge in [-0.15, -0.1) is 0 Å². The quantitative estimate of drug-likeness (QED) is 0.788. The van der Waals surface area contributed by atoms with Crippen molar-refractivity contribution < 1.29 is 9.53 Å². The van der Waals surface area contributed by atoms with E-state index in [1.54, 1.807) is 0 Å². The first kappa shape index (κ1) is 19.7. The lowest BCUT2D eigenvalue weighted by Gasteiger charge is -2.36. The molecule has 2 unspecified atom stereocenters. The third-order valence-electron chi connectivity index (χ3n) is 5.23. The summed E-state index contributed by atoms with van der Waals surface area (Å²) in [5, 5.41) is 3.01. The fourth-order valence-corrected chi connectivity index (χ4v) is 3.40. The number of rotatable bonds is 7. The molecule has 0 spiro atoms. The number of ether oxygens (including phenoxy) is 1. The Morgan fingerprint density at radius 1 is 1.32 bits per heavy atom. The molecule has 25 heavy (non-hydrogen) atoms. The predicted octanol–water partition coefficient (Wildman–Crippen LogP) is 2.08. The molecule has 1 aliphatic rings. The van der Waals surface area contributed by atoms with Gasteiger partial charge in [-0.25, -0.2) is 4.98 Å². The van der Waals surface area contributed by atoms with Gasteiger partial charge in [-0.3, -0.25) is 4.79 Å². The number of nitrogens with zero attached hydrogens (tertiary/aromatic N) is 2. The lowest BCUT2D eigenvalue weighted by atomic mass is 9.81. The van der Waals surface area contributed by atoms with Gasteiger partial charge >= 0.3 is 0 Å². The first-order chi connectivity index (χ1) is 11.9. The van der Waals surface area contributed by atoms with E-state index in [4.69, 9.17) is 10.5 Å². The van der Waals surface area contributed by atoms with Crippen LogP contribution in [0.5, 0.6) is 0 Å². The van der Waals surface area contributed by atoms with Gasteiger partial charge in [0.15, 0.2) is 0 Å². The zero-order chi connectivity index (χ0) is 18.4. The minimum absolute atomic E-state index is 0.0277. The summed E-state index contributed by atoms with van der Waals surface area (Å²) in [6, 6.07) is 4.04. The molecule has 1 saturated heterocycles. The summed E-state index contributed by atoms with van der Waals surface area (Å²) in [4.78, 5) is 19.3. The van der Waals surface area contributed by atoms with E-state index in [1.807, 2.05) is 32.2 Å². The summed E-state index contributed by atoms with van der Waals surface area (Å²) in [6.45, 7) is 10.7. The topological polar surface area (TPSA) is 80.5 Å². The highest BCUT2D eigenvalue weighted by atomic mass is 16.5. The first-order valence-corrected chi connectivity index (χ1v) is 9.27. The van der Waals surface area contributed by atoms with Gasteiger partial charge in [-0.1, -0.05) is 19.9 Å². The van der Waals surface area contributed by atoms with E-state index in [-0.39, 0.29) is 18.1 Å². The predicted molar refractivity (Wildman–Crippen MR) is 100 cm³/mol. The number of nitrogens with one attached hydrogen (secondary N) is 1. The van der Waals surface area contributed by atoms with Gasteiger partial charge in [0.05, 0.1) is 17.6 Å². The second kappa shape index (κ2) is 8.63. The van der Waals surface area contributed by atoms with Crippen molar-refractivity contribution in [1.29, 1.82) is 0 Å². The van der Waals surface area contributed by atoms with Gasteiger partial charge in [-0.05, 0) is 38.3 Å². The van der Waals surface area contributed by atoms with Crippen LogP contribution < -0.4 is 16.0 Å². The van der Waals surface area contributed by atoms with Crippen molar-refractivity contribution in [2.24, 2.45) is 11.1 Å². The third kappa shape index (κ3) is 4.70. The molecule has 2 atom stereocenters. The van der Waals surface area contributed by atoms with E-state index in [0.29, 0.717) is 13.1 Å². The van der Waals surface area contributed by atoms with Crippen LogP contribution in [0.15, 0.2) is 18.3 Å². The van der Waals surface area contributed by atoms with Gasteiger partial charge < -0.3 is 20.7 Å². The van der Waals surface area contributed by atoms with E-state index < -0.39 is 5.41 Å². The summed E-state index contributed by atoms with van der Waals surface area (Å²) in [5.74, 6) is 0.982. The van der Waals surface area contributed by atoms with Crippen molar-refractivity contribution in [3.05, 3.63) is 23.9 Å². The molecule has 6 heteroatoms. The molecule has 1 amide bonds. The Labute approximate surface area is 151 Å². The van der Waals surface area contributed by atoms with Crippen LogP contribution in [0.25, 0.3) is 0 Å². The van der Waals surface area contributed by atoms with Crippen LogP contribution in [0.2, 0.25) is 0 Å². The maximum atomic E-state index is 12.5. The molecule has 0 bridgehead atoms. The minimum atomic E-state index is -0.465. The van der Waals surface area contributed by atoms with Crippen molar-refractivity contribution in [3.63, 3.8) is 0 Å². The second-order valence-corrected chi connectivity index (χ2v) is 7.06. The van der Waals surface area contributed by atoms with Crippen LogP contribution in [0.4, 0.5) is 5.82 Å². The summed E-state index contributed by atoms with van der Waals surface area (Å²) in [7, 11) is 0. The van der Waals surface area contributed by atoms with E-state index in [9.17, 15) is 4.79 Å². The van der Waals surface area contributed by atoms with E-state index in [2.05, 4.69) is 29.0 Å². The van der Waals surface area contributed by atoms with Crippen LogP contribution in [0, 0.1) is 5.41 Å². The van der Waals surface area contributed by atoms with Crippen molar-refractivity contribution >= 4 is 11.7 Å². The molecule has 0 radical (unpaired) electrons. The Kier molecular flexibility index (Phi) is 6.79. The summed E-state index contributed by atoms with van der Waals surface area (Å²) < 4.78 is 5.76. The number of nitrogens with two attached hydrogens (primary N) is 1. The molecule has 0 saturated carbocycles. The highest BCUT2D eigenvalue weighted by Gasteiger charge is 2.33. The largest absolute Gasteiger partial charge is 0.372 e. The number of pyridine rings is 1. The van der Waals surface area contributed by atoms with Crippen LogP contribution in [0.3, 0.4) is 0 Å². The van der Waals surface area contributed by atoms with Crippen molar-refractivity contribution in [1.82, 2.24) is 10.3 Å². The lowest BCUT2D eigenvalue weighted by Crippen LogP contribution is -2.46. The number of aromatic nitrogens is 1. The molecule has 6 nitrogen and oxygen atoms in total. The molecule has 140 valence electrons. The maximum absolute atomic E-state index is 12.5. The first-order valence-electron chi connectivity index (χ1n) is 9.27. The Morgan fingerprint density at radius 2 is 1.96 bits per heavy atom. The van der Waals surface area contributed by atoms with E-state index in [1.165, 1.54) is 0 Å². The molecule has 1 aliphatic heterocycles. The molecule has 1 fully saturated rings. The molecule has 2 rings (SSSR count). The number of anilines is 1. The maximum Gasteiger partial charge on any atom is 0.227 e. The van der Waals surface area contributed by atoms with Gasteiger partial charge in [0, 0.05) is 32.4 Å². The Morgan fingerprint density at radius 3 is 2.44 bits per heavy atom. The van der Waals surface area contributed by atoms with Crippen LogP contribution in [-0.4, -0.2) is 42.7 Å². The monoisotopic (exact) mass is 348 g/mol. The number of morpholine rings is 1. The molecular weight excluding hydrogens is 316 g/mol. The second-order valence-electron chi connectivity index (χ2n) is 7.06. The van der Waals surface area contributed by atoms with Gasteiger partial charge in [0.25, 0.3) is 0 Å².